The Balaban J connectivity index is 1.50. The Bertz CT molecular complexity index is 763. The summed E-state index contributed by atoms with van der Waals surface area (Å²) in [5.41, 5.74) is 3.84. The molecule has 0 unspecified atom stereocenters. The van der Waals surface area contributed by atoms with Crippen molar-refractivity contribution in [2.75, 3.05) is 38.7 Å². The average Bonchev–Trinajstić information content (AvgIpc) is 2.77. The van der Waals surface area contributed by atoms with Crippen LogP contribution >= 0.6 is 0 Å². The van der Waals surface area contributed by atoms with Crippen LogP contribution in [0.3, 0.4) is 0 Å². The van der Waals surface area contributed by atoms with Crippen LogP contribution in [0.25, 0.3) is 0 Å². The minimum absolute atomic E-state index is 0.916. The first-order chi connectivity index (χ1) is 13.8. The zero-order chi connectivity index (χ0) is 19.6. The Morgan fingerprint density at radius 1 is 0.679 bits per heavy atom. The summed E-state index contributed by atoms with van der Waals surface area (Å²) in [5.74, 6) is 0.916. The molecule has 0 N–H and O–H groups in total. The molecule has 3 aromatic rings. The molecule has 28 heavy (non-hydrogen) atoms. The van der Waals surface area contributed by atoms with Gasteiger partial charge < -0.3 is 14.5 Å². The monoisotopic (exact) mass is 374 g/mol. The summed E-state index contributed by atoms with van der Waals surface area (Å²) in [6, 6.07) is 29.6. The van der Waals surface area contributed by atoms with Gasteiger partial charge in [0.25, 0.3) is 0 Å². The molecule has 0 bridgehead atoms. The van der Waals surface area contributed by atoms with Gasteiger partial charge in [0.2, 0.25) is 0 Å². The van der Waals surface area contributed by atoms with E-state index in [0.717, 1.165) is 38.2 Å². The first-order valence-electron chi connectivity index (χ1n) is 9.95. The molecule has 0 heterocycles. The molecule has 0 spiro atoms. The Labute approximate surface area is 169 Å². The van der Waals surface area contributed by atoms with Gasteiger partial charge in [-0.15, -0.1) is 0 Å². The van der Waals surface area contributed by atoms with Crippen LogP contribution in [0.2, 0.25) is 0 Å². The first kappa shape index (κ1) is 20.0. The Hall–Kier alpha value is -2.78. The van der Waals surface area contributed by atoms with Crippen LogP contribution in [0.1, 0.15) is 12.0 Å². The Kier molecular flexibility index (Phi) is 7.51. The maximum Gasteiger partial charge on any atom is 0.118 e. The maximum atomic E-state index is 5.23. The highest BCUT2D eigenvalue weighted by Crippen LogP contribution is 2.24. The highest BCUT2D eigenvalue weighted by Gasteiger charge is 2.09. The molecule has 0 aromatic heterocycles. The molecule has 0 amide bonds. The van der Waals surface area contributed by atoms with Crippen molar-refractivity contribution in [1.82, 2.24) is 4.90 Å². The van der Waals surface area contributed by atoms with Gasteiger partial charge in [0.15, 0.2) is 0 Å². The number of hydrogen-bond donors (Lipinski definition) is 0. The molecule has 3 aromatic carbocycles. The molecule has 0 fully saturated rings. The van der Waals surface area contributed by atoms with E-state index < -0.39 is 0 Å². The topological polar surface area (TPSA) is 15.7 Å². The number of benzene rings is 3. The molecule has 0 aliphatic carbocycles. The Morgan fingerprint density at radius 2 is 1.25 bits per heavy atom. The lowest BCUT2D eigenvalue weighted by atomic mass is 10.1. The molecule has 0 aliphatic heterocycles. The zero-order valence-electron chi connectivity index (χ0n) is 16.9. The van der Waals surface area contributed by atoms with Crippen molar-refractivity contribution in [2.24, 2.45) is 0 Å². The van der Waals surface area contributed by atoms with E-state index in [2.05, 4.69) is 89.6 Å². The molecule has 0 radical (unpaired) electrons. The van der Waals surface area contributed by atoms with Crippen LogP contribution in [0.5, 0.6) is 5.75 Å². The molecule has 0 saturated carbocycles. The predicted molar refractivity (Wildman–Crippen MR) is 119 cm³/mol. The van der Waals surface area contributed by atoms with Gasteiger partial charge in [-0.2, -0.15) is 0 Å². The summed E-state index contributed by atoms with van der Waals surface area (Å²) in [7, 11) is 3.91. The van der Waals surface area contributed by atoms with Crippen LogP contribution in [0.4, 0.5) is 11.4 Å². The fraction of sp³-hybridized carbons (Fsp3) is 0.280. The van der Waals surface area contributed by atoms with Crippen molar-refractivity contribution in [3.8, 4) is 5.75 Å². The molecule has 0 aliphatic rings. The standard InChI is InChI=1S/C25H30N2O/c1-26(21-18-22-14-16-25(28-2)17-15-22)19-9-20-27(23-10-5-3-6-11-23)24-12-7-4-8-13-24/h3-8,10-17H,9,18-21H2,1-2H3. The van der Waals surface area contributed by atoms with Crippen LogP contribution in [0.15, 0.2) is 84.9 Å². The SMILES string of the molecule is COc1ccc(CCN(C)CCCN(c2ccccc2)c2ccccc2)cc1. The Morgan fingerprint density at radius 3 is 1.79 bits per heavy atom. The number of ether oxygens (including phenoxy) is 1. The van der Waals surface area contributed by atoms with Gasteiger partial charge in [-0.1, -0.05) is 48.5 Å². The fourth-order valence-corrected chi connectivity index (χ4v) is 3.35. The third kappa shape index (κ3) is 5.86. The van der Waals surface area contributed by atoms with Crippen LogP contribution in [0, 0.1) is 0 Å². The van der Waals surface area contributed by atoms with Gasteiger partial charge >= 0.3 is 0 Å². The van der Waals surface area contributed by atoms with E-state index >= 15 is 0 Å². The number of rotatable bonds is 10. The molecule has 3 nitrogen and oxygen atoms in total. The minimum atomic E-state index is 0.916. The molecule has 146 valence electrons. The highest BCUT2D eigenvalue weighted by molar-refractivity contribution is 5.62. The van der Waals surface area contributed by atoms with E-state index in [-0.39, 0.29) is 0 Å². The summed E-state index contributed by atoms with van der Waals surface area (Å²) < 4.78 is 5.23. The predicted octanol–water partition coefficient (Wildman–Crippen LogP) is 5.40. The highest BCUT2D eigenvalue weighted by atomic mass is 16.5. The lowest BCUT2D eigenvalue weighted by molar-refractivity contribution is 0.335. The van der Waals surface area contributed by atoms with E-state index in [1.54, 1.807) is 7.11 Å². The number of hydrogen-bond acceptors (Lipinski definition) is 3. The number of likely N-dealkylation sites (N-methyl/N-ethyl adjacent to an activating group) is 1. The van der Waals surface area contributed by atoms with Crippen molar-refractivity contribution in [2.45, 2.75) is 12.8 Å². The lowest BCUT2D eigenvalue weighted by Gasteiger charge is -2.26. The summed E-state index contributed by atoms with van der Waals surface area (Å²) in [6.07, 6.45) is 2.17. The van der Waals surface area contributed by atoms with E-state index in [9.17, 15) is 0 Å². The normalized spacial score (nSPS) is 10.8. The second-order valence-electron chi connectivity index (χ2n) is 7.08. The van der Waals surface area contributed by atoms with Crippen LogP contribution < -0.4 is 9.64 Å². The quantitative estimate of drug-likeness (QED) is 0.473. The van der Waals surface area contributed by atoms with Crippen molar-refractivity contribution < 1.29 is 4.74 Å². The summed E-state index contributed by atoms with van der Waals surface area (Å²) in [5, 5.41) is 0. The minimum Gasteiger partial charge on any atom is -0.497 e. The van der Waals surface area contributed by atoms with Gasteiger partial charge in [0.05, 0.1) is 7.11 Å². The van der Waals surface area contributed by atoms with Gasteiger partial charge in [-0.3, -0.25) is 0 Å². The van der Waals surface area contributed by atoms with Gasteiger partial charge in [0.1, 0.15) is 5.75 Å². The third-order valence-electron chi connectivity index (χ3n) is 5.00. The number of para-hydroxylation sites is 2. The van der Waals surface area contributed by atoms with Crippen molar-refractivity contribution >= 4 is 11.4 Å². The van der Waals surface area contributed by atoms with E-state index in [1.807, 2.05) is 12.1 Å². The lowest BCUT2D eigenvalue weighted by Crippen LogP contribution is -2.26. The smallest absolute Gasteiger partial charge is 0.118 e. The number of methoxy groups -OCH3 is 1. The van der Waals surface area contributed by atoms with Crippen molar-refractivity contribution in [1.29, 1.82) is 0 Å². The summed E-state index contributed by atoms with van der Waals surface area (Å²) in [6.45, 7) is 3.14. The average molecular weight is 375 g/mol. The van der Waals surface area contributed by atoms with Crippen molar-refractivity contribution in [3.63, 3.8) is 0 Å². The maximum absolute atomic E-state index is 5.23. The van der Waals surface area contributed by atoms with Gasteiger partial charge in [0, 0.05) is 24.5 Å². The summed E-state index contributed by atoms with van der Waals surface area (Å²) >= 11 is 0. The van der Waals surface area contributed by atoms with Crippen molar-refractivity contribution in [3.05, 3.63) is 90.5 Å². The third-order valence-corrected chi connectivity index (χ3v) is 5.00. The number of nitrogens with zero attached hydrogens (tertiary/aromatic N) is 2. The number of anilines is 2. The second-order valence-corrected chi connectivity index (χ2v) is 7.08. The first-order valence-corrected chi connectivity index (χ1v) is 9.95. The molecule has 3 rings (SSSR count). The van der Waals surface area contributed by atoms with E-state index in [0.29, 0.717) is 0 Å². The fourth-order valence-electron chi connectivity index (χ4n) is 3.35. The van der Waals surface area contributed by atoms with Gasteiger partial charge in [-0.05, 0) is 68.4 Å². The van der Waals surface area contributed by atoms with Crippen LogP contribution in [-0.2, 0) is 6.42 Å². The van der Waals surface area contributed by atoms with E-state index in [4.69, 9.17) is 4.74 Å². The largest absolute Gasteiger partial charge is 0.497 e. The molecular formula is C25H30N2O. The molecular weight excluding hydrogens is 344 g/mol. The molecule has 0 atom stereocenters. The van der Waals surface area contributed by atoms with E-state index in [1.165, 1.54) is 16.9 Å². The van der Waals surface area contributed by atoms with Gasteiger partial charge in [-0.25, -0.2) is 0 Å². The summed E-state index contributed by atoms with van der Waals surface area (Å²) in [4.78, 5) is 4.82. The molecule has 3 heteroatoms. The zero-order valence-corrected chi connectivity index (χ0v) is 16.9. The van der Waals surface area contributed by atoms with Crippen LogP contribution in [-0.4, -0.2) is 38.7 Å². The second kappa shape index (κ2) is 10.5. The molecule has 0 saturated heterocycles.